The number of hydrogen-bond acceptors (Lipinski definition) is 15. The number of ketones is 3. The Bertz CT molecular complexity index is 3190. The van der Waals surface area contributed by atoms with Gasteiger partial charge in [-0.1, -0.05) is 143 Å². The Balaban J connectivity index is -0.000000456. The zero-order chi connectivity index (χ0) is 57.0. The van der Waals surface area contributed by atoms with E-state index < -0.39 is 26.6 Å². The van der Waals surface area contributed by atoms with Gasteiger partial charge >= 0.3 is 22.5 Å². The van der Waals surface area contributed by atoms with Gasteiger partial charge in [0, 0.05) is 127 Å². The molecule has 0 unspecified atom stereocenters. The van der Waals surface area contributed by atoms with Crippen molar-refractivity contribution in [3.05, 3.63) is 244 Å². The molecule has 2 amide bonds. The maximum absolute atomic E-state index is 11.8. The van der Waals surface area contributed by atoms with Crippen LogP contribution in [-0.4, -0.2) is 82.7 Å². The van der Waals surface area contributed by atoms with Crippen molar-refractivity contribution in [2.75, 3.05) is 0 Å². The minimum absolute atomic E-state index is 0. The molecular formula is C60H61N8O10SeY3-3. The van der Waals surface area contributed by atoms with Gasteiger partial charge in [-0.05, 0) is 34.6 Å². The van der Waals surface area contributed by atoms with Gasteiger partial charge in [-0.25, -0.2) is 16.3 Å². The van der Waals surface area contributed by atoms with E-state index in [4.69, 9.17) is 23.4 Å². The van der Waals surface area contributed by atoms with Gasteiger partial charge in [-0.3, -0.25) is 39.0 Å². The molecule has 0 aliphatic carbocycles. The first kappa shape index (κ1) is 82.1. The van der Waals surface area contributed by atoms with Crippen LogP contribution in [0.4, 0.5) is 0 Å². The molecule has 8 aromatic rings. The van der Waals surface area contributed by atoms with Crippen molar-refractivity contribution in [1.29, 1.82) is 0 Å². The number of aromatic nitrogens is 3. The summed E-state index contributed by atoms with van der Waals surface area (Å²) in [5.74, 6) is 3.44. The number of aliphatic carboxylic acids is 1. The summed E-state index contributed by atoms with van der Waals surface area (Å²) in [6, 6.07) is 59.0. The molecule has 0 saturated heterocycles. The second kappa shape index (κ2) is 48.2. The fraction of sp³-hybridized carbons (Fsp3) is 0.117. The summed E-state index contributed by atoms with van der Waals surface area (Å²) in [5.41, 5.74) is 14.5. The molecule has 18 nitrogen and oxygen atoms in total. The maximum Gasteiger partial charge on any atom is 0 e. The molecule has 1 heterocycles. The van der Waals surface area contributed by atoms with Crippen LogP contribution in [0, 0.1) is 45.9 Å². The predicted octanol–water partition coefficient (Wildman–Crippen LogP) is 9.64. The van der Waals surface area contributed by atoms with Crippen LogP contribution in [0.15, 0.2) is 181 Å². The molecule has 0 atom stereocenters. The van der Waals surface area contributed by atoms with Crippen molar-refractivity contribution in [1.82, 2.24) is 32.2 Å². The number of carboxylic acids is 1. The van der Waals surface area contributed by atoms with Crippen LogP contribution in [0.5, 0.6) is 0 Å². The average Bonchev–Trinajstić information content (AvgIpc) is 3.45. The number of carbonyl (C=O) groups excluding carboxylic acids is 6. The van der Waals surface area contributed by atoms with E-state index in [1.54, 1.807) is 98.0 Å². The number of nitrogen functional groups attached to an aromatic ring is 1. The number of nitrogens with zero attached hydrogens (tertiary/aromatic N) is 4. The Morgan fingerprint density at radius 2 is 0.902 bits per heavy atom. The van der Waals surface area contributed by atoms with Gasteiger partial charge in [0.2, 0.25) is 23.4 Å². The third-order valence-corrected chi connectivity index (χ3v) is 9.56. The summed E-state index contributed by atoms with van der Waals surface area (Å²) in [6.45, 7) is 10.6. The first-order chi connectivity index (χ1) is 36.9. The van der Waals surface area contributed by atoms with Crippen molar-refractivity contribution >= 4 is 62.5 Å². The summed E-state index contributed by atoms with van der Waals surface area (Å²) in [6.07, 6.45) is 3.10. The molecule has 0 fully saturated rings. The van der Waals surface area contributed by atoms with Gasteiger partial charge < -0.3 is 11.3 Å². The molecule has 8 N–H and O–H groups in total. The quantitative estimate of drug-likeness (QED) is 0.00979. The number of aldehydes is 1. The molecule has 0 aliphatic heterocycles. The average molecular weight is 1400 g/mol. The molecule has 0 spiro atoms. The monoisotopic (exact) mass is 1400 g/mol. The molecule has 1 aromatic heterocycles. The molecule has 82 heavy (non-hydrogen) atoms. The Kier molecular flexibility index (Phi) is 48.3. The van der Waals surface area contributed by atoms with Gasteiger partial charge in [-0.15, -0.1) is 5.10 Å². The van der Waals surface area contributed by atoms with Crippen LogP contribution in [0.3, 0.4) is 0 Å². The van der Waals surface area contributed by atoms with E-state index in [1.807, 2.05) is 99.0 Å². The van der Waals surface area contributed by atoms with Gasteiger partial charge in [0.15, 0.2) is 17.9 Å². The van der Waals surface area contributed by atoms with E-state index >= 15 is 0 Å². The van der Waals surface area contributed by atoms with Gasteiger partial charge in [0.05, 0.1) is 18.1 Å². The number of hydrazine groups is 1. The van der Waals surface area contributed by atoms with E-state index in [9.17, 15) is 28.8 Å². The summed E-state index contributed by atoms with van der Waals surface area (Å²) in [5, 5.41) is 19.2. The Hall–Kier alpha value is -6.34. The van der Waals surface area contributed by atoms with Crippen LogP contribution in [0.2, 0.25) is 0 Å². The third-order valence-electron chi connectivity index (χ3n) is 9.56. The van der Waals surface area contributed by atoms with Gasteiger partial charge in [0.1, 0.15) is 0 Å². The number of carboxylic acid groups (broad SMARTS) is 1. The number of benzene rings is 7. The fourth-order valence-electron chi connectivity index (χ4n) is 5.57. The maximum atomic E-state index is 11.8. The number of rotatable bonds is 10. The number of nitrogens with two attached hydrogens (primary N) is 1. The zero-order valence-corrected chi connectivity index (χ0v) is 55.5. The molecule has 0 bridgehead atoms. The Morgan fingerprint density at radius 1 is 0.549 bits per heavy atom. The Morgan fingerprint density at radius 3 is 1.28 bits per heavy atom. The van der Waals surface area contributed by atoms with E-state index in [-0.39, 0.29) is 135 Å². The summed E-state index contributed by atoms with van der Waals surface area (Å²) >= 11 is -1.62. The van der Waals surface area contributed by atoms with Crippen molar-refractivity contribution in [3.8, 4) is 22.6 Å². The first-order valence-corrected chi connectivity index (χ1v) is 24.2. The van der Waals surface area contributed by atoms with Crippen molar-refractivity contribution in [2.24, 2.45) is 10.9 Å². The number of hydrogen-bond donors (Lipinski definition) is 5. The summed E-state index contributed by atoms with van der Waals surface area (Å²) in [4.78, 5) is 79.3. The minimum Gasteiger partial charge on any atom is 0 e. The number of amides is 2. The largest absolute Gasteiger partial charge is 0 e. The third kappa shape index (κ3) is 34.8. The van der Waals surface area contributed by atoms with E-state index in [2.05, 4.69) is 63.0 Å². The van der Waals surface area contributed by atoms with Crippen LogP contribution in [0.25, 0.3) is 22.6 Å². The summed E-state index contributed by atoms with van der Waals surface area (Å²) in [7, 11) is 0. The molecule has 0 saturated carbocycles. The molecule has 0 aliphatic rings. The molecule has 22 heteroatoms. The zero-order valence-electron chi connectivity index (χ0n) is 45.2. The van der Waals surface area contributed by atoms with Gasteiger partial charge in [0.25, 0.3) is 5.97 Å². The Labute approximate surface area is 559 Å². The number of carbonyl (C=O) groups is 7. The smallest absolute Gasteiger partial charge is 0 e. The van der Waals surface area contributed by atoms with Crippen LogP contribution in [-0.2, 0) is 115 Å². The van der Waals surface area contributed by atoms with E-state index in [0.29, 0.717) is 34.4 Å². The van der Waals surface area contributed by atoms with Crippen molar-refractivity contribution in [2.45, 2.75) is 49.0 Å². The fourth-order valence-corrected chi connectivity index (χ4v) is 5.57. The van der Waals surface area contributed by atoms with E-state index in [1.165, 1.54) is 11.1 Å². The standard InChI is InChI=1S/C16H12N3.C16H13N2O2.C9H8O2.C9H10O.C7H7N2O.C2H4O2.CH4.H3N.O2Se.3Y/c1-12-7-9-13(10-8-12)15-11-17-19-16(18-15)14-5-3-2-4-6-14;1-12-7-9-13(10-8-12)15(19)11-17-18-16(20)14-5-3-2-4-6-14;1-7-2-4-8(5-3-7)9(11)6-10;1-7-3-5-9(6-4-7)8(2)10;8-9-7(10)6-4-2-1-3-5-6;1-2(3)4;;;1-3-2;;;/h3-11H,1H3;3-11H,1H3,(H,18,20);2-6H,1H3;3-6H,1-2H3;2-5H,8H2,(H,9,10);1H3,(H,3,4);1H4;1H3;;;;/q2*-1;;;-1;;;;;;;/b;17-11+;;;;;;;;;;. The first-order valence-electron chi connectivity index (χ1n) is 22.8. The molecule has 419 valence electrons. The molecular weight excluding hydrogens is 1340 g/mol. The minimum atomic E-state index is -1.62. The van der Waals surface area contributed by atoms with Crippen LogP contribution >= 0.6 is 0 Å². The van der Waals surface area contributed by atoms with E-state index in [0.717, 1.165) is 46.6 Å². The van der Waals surface area contributed by atoms with Gasteiger partial charge in [-0.2, -0.15) is 101 Å². The van der Waals surface area contributed by atoms with Crippen LogP contribution < -0.4 is 22.8 Å². The SMILES string of the molecule is C.CC(=O)O.CC(=O)c1ccc(C)cc1.Cc1ccc(-c2cnnc(-c3cc[c-]cc3)n2)cc1.Cc1ccc(C(=O)/C=N/NC(=O)c2cc[c-]cc2)cc1.Cc1ccc(C(=O)C=O)cc1.N.NNC(=O)c1cc[c-]cc1.O=[Se]=O.[Y].[Y].[Y]. The normalized spacial score (nSPS) is 8.87. The van der Waals surface area contributed by atoms with Crippen molar-refractivity contribution in [3.63, 3.8) is 0 Å². The number of Topliss-reactive ketones (excluding diaryl/α,β-unsaturated/α-hetero) is 3. The second-order valence-corrected chi connectivity index (χ2v) is 15.9. The van der Waals surface area contributed by atoms with Crippen LogP contribution in [0.1, 0.15) is 95.3 Å². The molecule has 3 radical (unpaired) electrons. The number of hydrazone groups is 1. The van der Waals surface area contributed by atoms with Crippen molar-refractivity contribution < 1.29 is 144 Å². The predicted molar refractivity (Wildman–Crippen MR) is 303 cm³/mol. The topological polar surface area (TPSA) is 310 Å². The number of nitrogens with one attached hydrogen (secondary N) is 2. The number of aryl methyl sites for hydroxylation is 4. The molecule has 7 aromatic carbocycles. The second-order valence-electron chi connectivity index (χ2n) is 15.7. The summed E-state index contributed by atoms with van der Waals surface area (Å²) < 4.78 is 16.9. The molecule has 8 rings (SSSR count).